The second-order valence-electron chi connectivity index (χ2n) is 4.83. The van der Waals surface area contributed by atoms with Crippen molar-refractivity contribution in [3.8, 4) is 0 Å². The fourth-order valence-corrected chi connectivity index (χ4v) is 2.19. The lowest BCUT2D eigenvalue weighted by molar-refractivity contribution is -0.141. The van der Waals surface area contributed by atoms with Crippen LogP contribution in [-0.4, -0.2) is 41.2 Å². The van der Waals surface area contributed by atoms with Crippen molar-refractivity contribution in [2.75, 3.05) is 24.3 Å². The second kappa shape index (κ2) is 5.20. The SMILES string of the molecule is CN(C)c1nccc(NC2CCC(C(=O)O)C2)n1. The third-order valence-corrected chi connectivity index (χ3v) is 3.18. The van der Waals surface area contributed by atoms with E-state index in [4.69, 9.17) is 5.11 Å². The van der Waals surface area contributed by atoms with Crippen molar-refractivity contribution in [2.45, 2.75) is 25.3 Å². The van der Waals surface area contributed by atoms with E-state index in [1.54, 1.807) is 12.3 Å². The summed E-state index contributed by atoms with van der Waals surface area (Å²) in [5, 5.41) is 12.2. The summed E-state index contributed by atoms with van der Waals surface area (Å²) in [7, 11) is 3.77. The molecule has 18 heavy (non-hydrogen) atoms. The molecule has 0 bridgehead atoms. The summed E-state index contributed by atoms with van der Waals surface area (Å²) in [6.45, 7) is 0. The minimum Gasteiger partial charge on any atom is -0.481 e. The summed E-state index contributed by atoms with van der Waals surface area (Å²) < 4.78 is 0. The summed E-state index contributed by atoms with van der Waals surface area (Å²) in [4.78, 5) is 21.2. The molecule has 2 unspecified atom stereocenters. The smallest absolute Gasteiger partial charge is 0.306 e. The molecule has 1 saturated carbocycles. The first-order valence-corrected chi connectivity index (χ1v) is 6.06. The largest absolute Gasteiger partial charge is 0.481 e. The van der Waals surface area contributed by atoms with E-state index in [0.717, 1.165) is 18.7 Å². The van der Waals surface area contributed by atoms with E-state index >= 15 is 0 Å². The summed E-state index contributed by atoms with van der Waals surface area (Å²) in [5.74, 6) is 0.478. The molecule has 1 heterocycles. The van der Waals surface area contributed by atoms with Crippen LogP contribution in [-0.2, 0) is 4.79 Å². The first-order valence-electron chi connectivity index (χ1n) is 6.06. The van der Waals surface area contributed by atoms with Gasteiger partial charge in [-0.15, -0.1) is 0 Å². The van der Waals surface area contributed by atoms with Crippen molar-refractivity contribution in [3.05, 3.63) is 12.3 Å². The molecule has 6 heteroatoms. The quantitative estimate of drug-likeness (QED) is 0.836. The van der Waals surface area contributed by atoms with E-state index in [-0.39, 0.29) is 12.0 Å². The Hall–Kier alpha value is -1.85. The number of aromatic nitrogens is 2. The van der Waals surface area contributed by atoms with E-state index in [2.05, 4.69) is 15.3 Å². The molecule has 0 radical (unpaired) electrons. The first kappa shape index (κ1) is 12.6. The Morgan fingerprint density at radius 2 is 2.28 bits per heavy atom. The molecule has 1 aliphatic rings. The van der Waals surface area contributed by atoms with Gasteiger partial charge in [-0.2, -0.15) is 4.98 Å². The Morgan fingerprint density at radius 1 is 1.50 bits per heavy atom. The highest BCUT2D eigenvalue weighted by Crippen LogP contribution is 2.27. The standard InChI is InChI=1S/C12H18N4O2/c1-16(2)12-13-6-5-10(15-12)14-9-4-3-8(7-9)11(17)18/h5-6,8-9H,3-4,7H2,1-2H3,(H,17,18)(H,13,14,15). The van der Waals surface area contributed by atoms with E-state index < -0.39 is 5.97 Å². The molecule has 0 saturated heterocycles. The number of aliphatic carboxylic acids is 1. The first-order chi connectivity index (χ1) is 8.56. The topological polar surface area (TPSA) is 78.4 Å². The number of carboxylic acids is 1. The van der Waals surface area contributed by atoms with Gasteiger partial charge in [0, 0.05) is 26.3 Å². The molecule has 1 fully saturated rings. The lowest BCUT2D eigenvalue weighted by atomic mass is 10.1. The van der Waals surface area contributed by atoms with Gasteiger partial charge in [0.05, 0.1) is 5.92 Å². The molecular weight excluding hydrogens is 232 g/mol. The average Bonchev–Trinajstić information content (AvgIpc) is 2.78. The highest BCUT2D eigenvalue weighted by atomic mass is 16.4. The van der Waals surface area contributed by atoms with Gasteiger partial charge in [-0.25, -0.2) is 4.98 Å². The molecule has 2 rings (SSSR count). The number of hydrogen-bond acceptors (Lipinski definition) is 5. The number of rotatable bonds is 4. The summed E-state index contributed by atoms with van der Waals surface area (Å²) in [6, 6.07) is 2.00. The summed E-state index contributed by atoms with van der Waals surface area (Å²) in [5.41, 5.74) is 0. The van der Waals surface area contributed by atoms with Crippen LogP contribution >= 0.6 is 0 Å². The van der Waals surface area contributed by atoms with Crippen LogP contribution < -0.4 is 10.2 Å². The van der Waals surface area contributed by atoms with Crippen molar-refractivity contribution in [1.82, 2.24) is 9.97 Å². The van der Waals surface area contributed by atoms with Crippen molar-refractivity contribution in [2.24, 2.45) is 5.92 Å². The Kier molecular flexibility index (Phi) is 3.64. The van der Waals surface area contributed by atoms with Crippen LogP contribution in [0, 0.1) is 5.92 Å². The molecule has 2 atom stereocenters. The maximum absolute atomic E-state index is 10.9. The zero-order valence-corrected chi connectivity index (χ0v) is 10.6. The van der Waals surface area contributed by atoms with Gasteiger partial charge in [-0.05, 0) is 25.3 Å². The minimum atomic E-state index is -0.698. The number of hydrogen-bond donors (Lipinski definition) is 2. The fourth-order valence-electron chi connectivity index (χ4n) is 2.19. The number of carbonyl (C=O) groups is 1. The minimum absolute atomic E-state index is 0.191. The second-order valence-corrected chi connectivity index (χ2v) is 4.83. The Balaban J connectivity index is 1.98. The molecule has 1 aromatic heterocycles. The molecule has 6 nitrogen and oxygen atoms in total. The summed E-state index contributed by atoms with van der Waals surface area (Å²) in [6.07, 6.45) is 3.97. The predicted molar refractivity (Wildman–Crippen MR) is 68.7 cm³/mol. The molecule has 0 amide bonds. The third-order valence-electron chi connectivity index (χ3n) is 3.18. The van der Waals surface area contributed by atoms with Crippen LogP contribution in [0.2, 0.25) is 0 Å². The Bertz CT molecular complexity index is 436. The van der Waals surface area contributed by atoms with Gasteiger partial charge in [-0.3, -0.25) is 4.79 Å². The van der Waals surface area contributed by atoms with Gasteiger partial charge in [0.1, 0.15) is 5.82 Å². The van der Waals surface area contributed by atoms with Crippen molar-refractivity contribution < 1.29 is 9.90 Å². The highest BCUT2D eigenvalue weighted by molar-refractivity contribution is 5.70. The van der Waals surface area contributed by atoms with Gasteiger partial charge < -0.3 is 15.3 Å². The monoisotopic (exact) mass is 250 g/mol. The molecule has 1 aromatic rings. The van der Waals surface area contributed by atoms with E-state index in [1.165, 1.54) is 0 Å². The Labute approximate surface area is 106 Å². The molecule has 0 spiro atoms. The maximum Gasteiger partial charge on any atom is 0.306 e. The Morgan fingerprint density at radius 3 is 2.89 bits per heavy atom. The summed E-state index contributed by atoms with van der Waals surface area (Å²) >= 11 is 0. The zero-order chi connectivity index (χ0) is 13.1. The third kappa shape index (κ3) is 2.88. The van der Waals surface area contributed by atoms with Crippen molar-refractivity contribution >= 4 is 17.7 Å². The van der Waals surface area contributed by atoms with Crippen LogP contribution in [0.5, 0.6) is 0 Å². The van der Waals surface area contributed by atoms with E-state index in [9.17, 15) is 4.79 Å². The van der Waals surface area contributed by atoms with Crippen molar-refractivity contribution in [1.29, 1.82) is 0 Å². The van der Waals surface area contributed by atoms with Gasteiger partial charge in [0.2, 0.25) is 5.95 Å². The number of anilines is 2. The van der Waals surface area contributed by atoms with Crippen LogP contribution in [0.4, 0.5) is 11.8 Å². The maximum atomic E-state index is 10.9. The van der Waals surface area contributed by atoms with Gasteiger partial charge >= 0.3 is 5.97 Å². The number of nitrogens with zero attached hydrogens (tertiary/aromatic N) is 3. The molecule has 0 aliphatic heterocycles. The van der Waals surface area contributed by atoms with E-state index in [1.807, 2.05) is 19.0 Å². The highest BCUT2D eigenvalue weighted by Gasteiger charge is 2.29. The van der Waals surface area contributed by atoms with Crippen molar-refractivity contribution in [3.63, 3.8) is 0 Å². The molecule has 0 aromatic carbocycles. The van der Waals surface area contributed by atoms with Crippen LogP contribution in [0.3, 0.4) is 0 Å². The molecule has 2 N–H and O–H groups in total. The fraction of sp³-hybridized carbons (Fsp3) is 0.583. The average molecular weight is 250 g/mol. The molecular formula is C12H18N4O2. The van der Waals surface area contributed by atoms with Crippen LogP contribution in [0.25, 0.3) is 0 Å². The molecule has 1 aliphatic carbocycles. The lowest BCUT2D eigenvalue weighted by Gasteiger charge is -2.15. The predicted octanol–water partition coefficient (Wildman–Crippen LogP) is 1.21. The van der Waals surface area contributed by atoms with Crippen LogP contribution in [0.15, 0.2) is 12.3 Å². The van der Waals surface area contributed by atoms with Gasteiger partial charge in [0.15, 0.2) is 0 Å². The van der Waals surface area contributed by atoms with Gasteiger partial charge in [-0.1, -0.05) is 0 Å². The van der Waals surface area contributed by atoms with Gasteiger partial charge in [0.25, 0.3) is 0 Å². The number of nitrogens with one attached hydrogen (secondary N) is 1. The lowest BCUT2D eigenvalue weighted by Crippen LogP contribution is -2.20. The van der Waals surface area contributed by atoms with Crippen LogP contribution in [0.1, 0.15) is 19.3 Å². The number of carboxylic acid groups (broad SMARTS) is 1. The zero-order valence-electron chi connectivity index (χ0n) is 10.6. The van der Waals surface area contributed by atoms with E-state index in [0.29, 0.717) is 12.4 Å². The molecule has 98 valence electrons. The normalized spacial score (nSPS) is 22.8.